The van der Waals surface area contributed by atoms with Crippen LogP contribution in [0.2, 0.25) is 0 Å². The topological polar surface area (TPSA) is 72.6 Å². The van der Waals surface area contributed by atoms with Gasteiger partial charge in [-0.15, -0.1) is 0 Å². The van der Waals surface area contributed by atoms with Crippen molar-refractivity contribution in [3.63, 3.8) is 0 Å². The predicted octanol–water partition coefficient (Wildman–Crippen LogP) is 4.37. The van der Waals surface area contributed by atoms with Gasteiger partial charge < -0.3 is 14.3 Å². The first-order valence-electron chi connectivity index (χ1n) is 7.84. The van der Waals surface area contributed by atoms with Crippen molar-refractivity contribution >= 4 is 5.97 Å². The summed E-state index contributed by atoms with van der Waals surface area (Å²) in [6.45, 7) is 0. The quantitative estimate of drug-likeness (QED) is 0.690. The Morgan fingerprint density at radius 2 is 1.93 bits per heavy atom. The van der Waals surface area contributed by atoms with Crippen molar-refractivity contribution in [1.82, 2.24) is 4.98 Å². The number of nitrogens with zero attached hydrogens (tertiary/aromatic N) is 1. The highest BCUT2D eigenvalue weighted by Crippen LogP contribution is 2.37. The van der Waals surface area contributed by atoms with Crippen LogP contribution in [0.1, 0.15) is 23.8 Å². The molecule has 0 aliphatic rings. The van der Waals surface area contributed by atoms with Gasteiger partial charge in [0.2, 0.25) is 5.89 Å². The van der Waals surface area contributed by atoms with Crippen molar-refractivity contribution in [1.29, 1.82) is 0 Å². The lowest BCUT2D eigenvalue weighted by Crippen LogP contribution is -2.09. The fourth-order valence-corrected chi connectivity index (χ4v) is 2.88. The number of hydrogen-bond donors (Lipinski definition) is 1. The first-order chi connectivity index (χ1) is 12.9. The van der Waals surface area contributed by atoms with Gasteiger partial charge in [0.1, 0.15) is 17.9 Å². The van der Waals surface area contributed by atoms with Crippen LogP contribution >= 0.6 is 0 Å². The zero-order valence-corrected chi connectivity index (χ0v) is 14.1. The summed E-state index contributed by atoms with van der Waals surface area (Å²) in [5.74, 6) is -4.69. The molecule has 27 heavy (non-hydrogen) atoms. The molecule has 1 heterocycles. The summed E-state index contributed by atoms with van der Waals surface area (Å²) in [6.07, 6.45) is 2.21. The lowest BCUT2D eigenvalue weighted by Gasteiger charge is -2.15. The molecule has 0 amide bonds. The third-order valence-corrected chi connectivity index (χ3v) is 3.97. The maximum atomic E-state index is 14.3. The second-order valence-corrected chi connectivity index (χ2v) is 5.76. The van der Waals surface area contributed by atoms with E-state index in [0.717, 1.165) is 18.2 Å². The number of aromatic nitrogens is 1. The predicted molar refractivity (Wildman–Crippen MR) is 88.9 cm³/mol. The fourth-order valence-electron chi connectivity index (χ4n) is 2.88. The summed E-state index contributed by atoms with van der Waals surface area (Å²) >= 11 is 0. The molecule has 140 valence electrons. The third kappa shape index (κ3) is 3.94. The van der Waals surface area contributed by atoms with Gasteiger partial charge >= 0.3 is 5.97 Å². The van der Waals surface area contributed by atoms with E-state index < -0.39 is 35.8 Å². The Morgan fingerprint density at radius 1 is 1.19 bits per heavy atom. The smallest absolute Gasteiger partial charge is 0.304 e. The van der Waals surface area contributed by atoms with Gasteiger partial charge in [-0.1, -0.05) is 0 Å². The molecule has 0 saturated heterocycles. The van der Waals surface area contributed by atoms with E-state index in [0.29, 0.717) is 6.07 Å². The minimum absolute atomic E-state index is 0.00257. The number of carbonyl (C=O) groups is 1. The van der Waals surface area contributed by atoms with E-state index in [4.69, 9.17) is 9.15 Å². The van der Waals surface area contributed by atoms with Crippen LogP contribution in [-0.4, -0.2) is 23.2 Å². The molecule has 0 radical (unpaired) electrons. The Bertz CT molecular complexity index is 973. The number of hydrogen-bond acceptors (Lipinski definition) is 4. The van der Waals surface area contributed by atoms with E-state index in [1.807, 2.05) is 0 Å². The number of carboxylic acids is 1. The Labute approximate surface area is 152 Å². The molecule has 3 aromatic rings. The van der Waals surface area contributed by atoms with Gasteiger partial charge in [0, 0.05) is 11.6 Å². The van der Waals surface area contributed by atoms with E-state index in [1.54, 1.807) is 0 Å². The zero-order valence-electron chi connectivity index (χ0n) is 14.1. The van der Waals surface area contributed by atoms with Gasteiger partial charge in [0.15, 0.2) is 11.6 Å². The lowest BCUT2D eigenvalue weighted by atomic mass is 9.92. The second-order valence-electron chi connectivity index (χ2n) is 5.76. The van der Waals surface area contributed by atoms with Crippen molar-refractivity contribution in [2.24, 2.45) is 0 Å². The molecule has 0 aliphatic heterocycles. The van der Waals surface area contributed by atoms with Crippen LogP contribution in [-0.2, 0) is 4.79 Å². The maximum absolute atomic E-state index is 14.3. The summed E-state index contributed by atoms with van der Waals surface area (Å²) < 4.78 is 52.1. The van der Waals surface area contributed by atoms with Crippen molar-refractivity contribution < 1.29 is 32.2 Å². The maximum Gasteiger partial charge on any atom is 0.304 e. The van der Waals surface area contributed by atoms with Gasteiger partial charge in [-0.25, -0.2) is 18.2 Å². The Hall–Kier alpha value is -3.29. The van der Waals surface area contributed by atoms with Crippen molar-refractivity contribution in [2.75, 3.05) is 7.11 Å². The Morgan fingerprint density at radius 3 is 2.56 bits per heavy atom. The SMILES string of the molecule is COc1c(F)cc(F)cc1-c1cc(F)cc(C(CC(=O)O)c2ncco2)c1. The average molecular weight is 377 g/mol. The lowest BCUT2D eigenvalue weighted by molar-refractivity contribution is -0.137. The average Bonchev–Trinajstić information content (AvgIpc) is 3.12. The number of rotatable bonds is 6. The minimum Gasteiger partial charge on any atom is -0.493 e. The van der Waals surface area contributed by atoms with Crippen LogP contribution in [0.5, 0.6) is 5.75 Å². The summed E-state index contributed by atoms with van der Waals surface area (Å²) in [6, 6.07) is 5.30. The summed E-state index contributed by atoms with van der Waals surface area (Å²) in [4.78, 5) is 15.2. The number of aliphatic carboxylic acids is 1. The van der Waals surface area contributed by atoms with Gasteiger partial charge in [-0.2, -0.15) is 0 Å². The Kier molecular flexibility index (Phi) is 5.16. The van der Waals surface area contributed by atoms with Crippen LogP contribution in [0.25, 0.3) is 11.1 Å². The number of methoxy groups -OCH3 is 1. The van der Waals surface area contributed by atoms with E-state index in [-0.39, 0.29) is 28.3 Å². The van der Waals surface area contributed by atoms with Crippen LogP contribution in [0, 0.1) is 17.5 Å². The van der Waals surface area contributed by atoms with E-state index in [9.17, 15) is 23.1 Å². The van der Waals surface area contributed by atoms with Gasteiger partial charge in [-0.05, 0) is 35.4 Å². The number of benzene rings is 2. The van der Waals surface area contributed by atoms with Crippen LogP contribution in [0.3, 0.4) is 0 Å². The number of carboxylic acid groups (broad SMARTS) is 1. The molecule has 5 nitrogen and oxygen atoms in total. The molecule has 1 unspecified atom stereocenters. The van der Waals surface area contributed by atoms with Gasteiger partial charge in [0.05, 0.1) is 25.6 Å². The molecule has 0 saturated carbocycles. The first-order valence-corrected chi connectivity index (χ1v) is 7.84. The molecule has 2 aromatic carbocycles. The van der Waals surface area contributed by atoms with Gasteiger partial charge in [0.25, 0.3) is 0 Å². The highest BCUT2D eigenvalue weighted by Gasteiger charge is 2.24. The van der Waals surface area contributed by atoms with Crippen molar-refractivity contribution in [3.05, 3.63) is 71.7 Å². The molecule has 3 rings (SSSR count). The largest absolute Gasteiger partial charge is 0.493 e. The number of halogens is 3. The summed E-state index contributed by atoms with van der Waals surface area (Å²) in [7, 11) is 1.21. The third-order valence-electron chi connectivity index (χ3n) is 3.97. The summed E-state index contributed by atoms with van der Waals surface area (Å²) in [5.41, 5.74) is 0.362. The van der Waals surface area contributed by atoms with E-state index in [1.165, 1.54) is 25.6 Å². The first kappa shape index (κ1) is 18.5. The number of oxazole rings is 1. The zero-order chi connectivity index (χ0) is 19.6. The minimum atomic E-state index is -1.14. The molecular weight excluding hydrogens is 363 g/mol. The molecule has 0 spiro atoms. The number of ether oxygens (including phenoxy) is 1. The van der Waals surface area contributed by atoms with E-state index in [2.05, 4.69) is 4.98 Å². The molecule has 0 bridgehead atoms. The molecule has 8 heteroatoms. The van der Waals surface area contributed by atoms with Crippen LogP contribution < -0.4 is 4.74 Å². The Balaban J connectivity index is 2.16. The highest BCUT2D eigenvalue weighted by atomic mass is 19.1. The molecule has 0 aliphatic carbocycles. The molecule has 1 atom stereocenters. The second kappa shape index (κ2) is 7.53. The monoisotopic (exact) mass is 377 g/mol. The van der Waals surface area contributed by atoms with E-state index >= 15 is 0 Å². The van der Waals surface area contributed by atoms with Crippen molar-refractivity contribution in [3.8, 4) is 16.9 Å². The standard InChI is InChI=1S/C19H14F3NO4/c1-26-18-14(7-13(21)8-16(18)22)10-4-11(6-12(20)5-10)15(9-17(24)25)19-23-2-3-27-19/h2-8,15H,9H2,1H3,(H,24,25). The van der Waals surface area contributed by atoms with Gasteiger partial charge in [-0.3, -0.25) is 4.79 Å². The molecule has 1 N–H and O–H groups in total. The van der Waals surface area contributed by atoms with Crippen LogP contribution in [0.15, 0.2) is 47.2 Å². The highest BCUT2D eigenvalue weighted by molar-refractivity contribution is 5.73. The molecule has 1 aromatic heterocycles. The summed E-state index contributed by atoms with van der Waals surface area (Å²) in [5, 5.41) is 9.17. The van der Waals surface area contributed by atoms with Crippen LogP contribution in [0.4, 0.5) is 13.2 Å². The molecule has 0 fully saturated rings. The van der Waals surface area contributed by atoms with Crippen molar-refractivity contribution in [2.45, 2.75) is 12.3 Å². The fraction of sp³-hybridized carbons (Fsp3) is 0.158. The molecular formula is C19H14F3NO4. The normalized spacial score (nSPS) is 12.0.